The smallest absolute Gasteiger partial charge is 0.321 e. The van der Waals surface area contributed by atoms with Crippen LogP contribution >= 0.6 is 0 Å². The zero-order valence-electron chi connectivity index (χ0n) is 10.2. The lowest BCUT2D eigenvalue weighted by Crippen LogP contribution is -2.46. The normalized spacial score (nSPS) is 14.9. The Hall–Kier alpha value is -1.58. The summed E-state index contributed by atoms with van der Waals surface area (Å²) in [5, 5.41) is 2.80. The Morgan fingerprint density at radius 2 is 2.12 bits per heavy atom. The number of hydrogen-bond donors (Lipinski definition) is 1. The highest BCUT2D eigenvalue weighted by molar-refractivity contribution is 5.92. The van der Waals surface area contributed by atoms with E-state index in [9.17, 15) is 4.79 Å². The van der Waals surface area contributed by atoms with Crippen molar-refractivity contribution in [3.8, 4) is 0 Å². The van der Waals surface area contributed by atoms with Crippen molar-refractivity contribution in [2.45, 2.75) is 27.2 Å². The van der Waals surface area contributed by atoms with Gasteiger partial charge in [-0.3, -0.25) is 9.88 Å². The molecular weight excluding hydrogens is 202 g/mol. The van der Waals surface area contributed by atoms with Gasteiger partial charge in [-0.15, -0.1) is 0 Å². The molecule has 16 heavy (non-hydrogen) atoms. The quantitative estimate of drug-likeness (QED) is 0.791. The minimum absolute atomic E-state index is 0.0260. The van der Waals surface area contributed by atoms with E-state index in [0.717, 1.165) is 30.9 Å². The maximum Gasteiger partial charge on any atom is 0.321 e. The van der Waals surface area contributed by atoms with Crippen molar-refractivity contribution in [2.24, 2.45) is 0 Å². The molecule has 0 atom stereocenters. The van der Waals surface area contributed by atoms with E-state index in [1.54, 1.807) is 11.1 Å². The zero-order valence-corrected chi connectivity index (χ0v) is 10.2. The summed E-state index contributed by atoms with van der Waals surface area (Å²) in [7, 11) is 0. The Morgan fingerprint density at radius 3 is 2.69 bits per heavy atom. The van der Waals surface area contributed by atoms with Crippen LogP contribution < -0.4 is 10.2 Å². The number of carbonyl (C=O) groups is 1. The highest BCUT2D eigenvalue weighted by Crippen LogP contribution is 2.15. The van der Waals surface area contributed by atoms with Gasteiger partial charge < -0.3 is 5.32 Å². The molecule has 4 nitrogen and oxygen atoms in total. The van der Waals surface area contributed by atoms with Crippen LogP contribution in [-0.4, -0.2) is 24.1 Å². The van der Waals surface area contributed by atoms with E-state index < -0.39 is 0 Å². The average Bonchev–Trinajstić information content (AvgIpc) is 2.34. The first-order chi connectivity index (χ1) is 7.77. The fourth-order valence-electron chi connectivity index (χ4n) is 1.50. The molecule has 0 radical (unpaired) electrons. The van der Waals surface area contributed by atoms with Gasteiger partial charge in [-0.25, -0.2) is 4.79 Å². The van der Waals surface area contributed by atoms with Crippen molar-refractivity contribution >= 4 is 11.7 Å². The molecule has 88 valence electrons. The number of anilines is 1. The van der Waals surface area contributed by atoms with Crippen LogP contribution in [0.3, 0.4) is 0 Å². The lowest BCUT2D eigenvalue weighted by molar-refractivity contribution is 0.243. The molecule has 0 saturated carbocycles. The fourth-order valence-corrected chi connectivity index (χ4v) is 1.50. The van der Waals surface area contributed by atoms with Crippen molar-refractivity contribution < 1.29 is 4.79 Å². The summed E-state index contributed by atoms with van der Waals surface area (Å²) in [6.07, 6.45) is 2.72. The minimum Gasteiger partial charge on any atom is -0.338 e. The van der Waals surface area contributed by atoms with Crippen LogP contribution in [0.4, 0.5) is 10.5 Å². The van der Waals surface area contributed by atoms with E-state index >= 15 is 0 Å². The zero-order chi connectivity index (χ0) is 12.0. The predicted molar refractivity (Wildman–Crippen MR) is 65.7 cm³/mol. The summed E-state index contributed by atoms with van der Waals surface area (Å²) in [5.74, 6) is 0. The highest BCUT2D eigenvalue weighted by atomic mass is 16.2. The van der Waals surface area contributed by atoms with Crippen LogP contribution in [-0.2, 0) is 0 Å². The maximum atomic E-state index is 11.5. The molecule has 2 amide bonds. The molecule has 1 aliphatic rings. The Balaban J connectivity index is 0.000000606. The van der Waals surface area contributed by atoms with E-state index in [4.69, 9.17) is 0 Å². The van der Waals surface area contributed by atoms with Crippen molar-refractivity contribution in [1.29, 1.82) is 0 Å². The second-order valence-electron chi connectivity index (χ2n) is 3.39. The molecule has 1 aromatic heterocycles. The van der Waals surface area contributed by atoms with Gasteiger partial charge in [0.25, 0.3) is 0 Å². The summed E-state index contributed by atoms with van der Waals surface area (Å²) in [4.78, 5) is 17.4. The molecule has 0 bridgehead atoms. The van der Waals surface area contributed by atoms with Crippen LogP contribution in [0.15, 0.2) is 18.3 Å². The summed E-state index contributed by atoms with van der Waals surface area (Å²) in [6.45, 7) is 7.48. The molecule has 2 heterocycles. The molecule has 0 aliphatic carbocycles. The van der Waals surface area contributed by atoms with E-state index in [2.05, 4.69) is 10.3 Å². The van der Waals surface area contributed by atoms with Gasteiger partial charge in [0, 0.05) is 18.8 Å². The summed E-state index contributed by atoms with van der Waals surface area (Å²) in [5.41, 5.74) is 1.83. The van der Waals surface area contributed by atoms with Crippen LogP contribution in [0.25, 0.3) is 0 Å². The average molecular weight is 221 g/mol. The number of carbonyl (C=O) groups excluding carboxylic acids is 1. The molecule has 4 heteroatoms. The third-order valence-electron chi connectivity index (χ3n) is 2.29. The van der Waals surface area contributed by atoms with Gasteiger partial charge in [-0.2, -0.15) is 0 Å². The van der Waals surface area contributed by atoms with Gasteiger partial charge >= 0.3 is 6.03 Å². The minimum atomic E-state index is -0.0260. The Bertz CT molecular complexity index is 335. The maximum absolute atomic E-state index is 11.5. The molecule has 1 N–H and O–H groups in total. The van der Waals surface area contributed by atoms with Crippen LogP contribution in [0.1, 0.15) is 26.0 Å². The van der Waals surface area contributed by atoms with Crippen LogP contribution in [0.2, 0.25) is 0 Å². The van der Waals surface area contributed by atoms with Gasteiger partial charge in [0.2, 0.25) is 0 Å². The number of rotatable bonds is 1. The largest absolute Gasteiger partial charge is 0.338 e. The molecule has 1 aromatic rings. The Morgan fingerprint density at radius 1 is 1.38 bits per heavy atom. The summed E-state index contributed by atoms with van der Waals surface area (Å²) < 4.78 is 0. The van der Waals surface area contributed by atoms with Crippen LogP contribution in [0.5, 0.6) is 0 Å². The Labute approximate surface area is 96.7 Å². The second kappa shape index (κ2) is 6.10. The number of urea groups is 1. The van der Waals surface area contributed by atoms with Crippen molar-refractivity contribution in [1.82, 2.24) is 10.3 Å². The topological polar surface area (TPSA) is 45.2 Å². The number of amides is 2. The Kier molecular flexibility index (Phi) is 4.76. The lowest BCUT2D eigenvalue weighted by atomic mass is 10.2. The standard InChI is InChI=1S/C10H13N3O.C2H6/c1-8-3-4-9(7-12-8)13-6-2-5-11-10(13)14;1-2/h3-4,7H,2,5-6H2,1H3,(H,11,14);1-2H3. The van der Waals surface area contributed by atoms with E-state index in [1.165, 1.54) is 0 Å². The van der Waals surface area contributed by atoms with Gasteiger partial charge in [0.15, 0.2) is 0 Å². The number of nitrogens with one attached hydrogen (secondary N) is 1. The van der Waals surface area contributed by atoms with Gasteiger partial charge in [0.05, 0.1) is 11.9 Å². The van der Waals surface area contributed by atoms with Crippen LogP contribution in [0, 0.1) is 6.92 Å². The molecular formula is C12H19N3O. The molecule has 0 spiro atoms. The van der Waals surface area contributed by atoms with Gasteiger partial charge in [-0.05, 0) is 25.5 Å². The van der Waals surface area contributed by atoms with E-state index in [-0.39, 0.29) is 6.03 Å². The molecule has 1 saturated heterocycles. The fraction of sp³-hybridized carbons (Fsp3) is 0.500. The molecule has 0 aromatic carbocycles. The van der Waals surface area contributed by atoms with Crippen molar-refractivity contribution in [2.75, 3.05) is 18.0 Å². The van der Waals surface area contributed by atoms with Crippen molar-refractivity contribution in [3.63, 3.8) is 0 Å². The highest BCUT2D eigenvalue weighted by Gasteiger charge is 2.18. The van der Waals surface area contributed by atoms with Gasteiger partial charge in [0.1, 0.15) is 0 Å². The number of hydrogen-bond acceptors (Lipinski definition) is 2. The van der Waals surface area contributed by atoms with Gasteiger partial charge in [-0.1, -0.05) is 13.8 Å². The van der Waals surface area contributed by atoms with E-state index in [1.807, 2.05) is 32.9 Å². The predicted octanol–water partition coefficient (Wildman–Crippen LogP) is 2.34. The first-order valence-corrected chi connectivity index (χ1v) is 5.75. The molecule has 0 unspecified atom stereocenters. The summed E-state index contributed by atoms with van der Waals surface area (Å²) in [6, 6.07) is 3.81. The first kappa shape index (κ1) is 12.5. The summed E-state index contributed by atoms with van der Waals surface area (Å²) >= 11 is 0. The number of aromatic nitrogens is 1. The number of pyridine rings is 1. The molecule has 1 fully saturated rings. The number of aryl methyl sites for hydroxylation is 1. The van der Waals surface area contributed by atoms with E-state index in [0.29, 0.717) is 0 Å². The first-order valence-electron chi connectivity index (χ1n) is 5.75. The van der Waals surface area contributed by atoms with Crippen molar-refractivity contribution in [3.05, 3.63) is 24.0 Å². The second-order valence-corrected chi connectivity index (χ2v) is 3.39. The third kappa shape index (κ3) is 2.95. The SMILES string of the molecule is CC.Cc1ccc(N2CCCNC2=O)cn1. The molecule has 2 rings (SSSR count). The third-order valence-corrected chi connectivity index (χ3v) is 2.29. The lowest BCUT2D eigenvalue weighted by Gasteiger charge is -2.27. The molecule has 1 aliphatic heterocycles. The monoisotopic (exact) mass is 221 g/mol. The number of nitrogens with zero attached hydrogens (tertiary/aromatic N) is 2.